The van der Waals surface area contributed by atoms with E-state index in [1.165, 1.54) is 17.8 Å². The number of carbonyl (C=O) groups excluding carboxylic acids is 1. The van der Waals surface area contributed by atoms with Crippen molar-refractivity contribution in [1.29, 1.82) is 0 Å². The van der Waals surface area contributed by atoms with E-state index in [4.69, 9.17) is 4.42 Å². The zero-order valence-electron chi connectivity index (χ0n) is 11.5. The second-order valence-electron chi connectivity index (χ2n) is 4.91. The number of furan rings is 1. The molecule has 1 aliphatic rings. The zero-order chi connectivity index (χ0) is 14.8. The van der Waals surface area contributed by atoms with Crippen molar-refractivity contribution in [3.05, 3.63) is 46.3 Å². The van der Waals surface area contributed by atoms with E-state index in [0.29, 0.717) is 28.9 Å². The number of hydrogen-bond acceptors (Lipinski definition) is 5. The van der Waals surface area contributed by atoms with Gasteiger partial charge in [0.1, 0.15) is 5.76 Å². The van der Waals surface area contributed by atoms with Crippen LogP contribution in [0, 0.1) is 6.92 Å². The Hall–Kier alpha value is -2.02. The summed E-state index contributed by atoms with van der Waals surface area (Å²) in [4.78, 5) is 28.4. The molecule has 0 aliphatic carbocycles. The molecule has 3 heterocycles. The van der Waals surface area contributed by atoms with Crippen LogP contribution in [0.1, 0.15) is 23.9 Å². The predicted octanol–water partition coefficient (Wildman–Crippen LogP) is 1.50. The van der Waals surface area contributed by atoms with E-state index in [1.54, 1.807) is 29.9 Å². The molecule has 1 aliphatic heterocycles. The molecule has 110 valence electrons. The standard InChI is InChI=1S/C14H15N3O3S/c1-9-5-13(19)17-10(8-21-14(17)16-9)6-12(18)15-7-11-3-2-4-20-11/h2-5,10H,6-8H2,1H3,(H,15,18). The van der Waals surface area contributed by atoms with Crippen LogP contribution in [-0.4, -0.2) is 21.2 Å². The Balaban J connectivity index is 1.65. The van der Waals surface area contributed by atoms with Gasteiger partial charge < -0.3 is 9.73 Å². The first-order valence-corrected chi connectivity index (χ1v) is 7.64. The van der Waals surface area contributed by atoms with E-state index < -0.39 is 0 Å². The molecule has 0 spiro atoms. The highest BCUT2D eigenvalue weighted by molar-refractivity contribution is 7.99. The summed E-state index contributed by atoms with van der Waals surface area (Å²) in [6.07, 6.45) is 1.84. The van der Waals surface area contributed by atoms with Crippen LogP contribution in [0.2, 0.25) is 0 Å². The molecule has 0 bridgehead atoms. The van der Waals surface area contributed by atoms with E-state index in [2.05, 4.69) is 10.3 Å². The number of hydrogen-bond donors (Lipinski definition) is 1. The summed E-state index contributed by atoms with van der Waals surface area (Å²) < 4.78 is 6.77. The van der Waals surface area contributed by atoms with Gasteiger partial charge in [0.2, 0.25) is 5.91 Å². The van der Waals surface area contributed by atoms with Crippen LogP contribution < -0.4 is 10.9 Å². The van der Waals surface area contributed by atoms with Gasteiger partial charge in [-0.2, -0.15) is 0 Å². The molecule has 0 saturated heterocycles. The van der Waals surface area contributed by atoms with Gasteiger partial charge in [-0.05, 0) is 19.1 Å². The number of aryl methyl sites for hydroxylation is 1. The summed E-state index contributed by atoms with van der Waals surface area (Å²) in [6, 6.07) is 4.95. The Morgan fingerprint density at radius 3 is 3.24 bits per heavy atom. The van der Waals surface area contributed by atoms with E-state index in [9.17, 15) is 9.59 Å². The van der Waals surface area contributed by atoms with Crippen LogP contribution in [-0.2, 0) is 11.3 Å². The SMILES string of the molecule is Cc1cc(=O)n2c(n1)SCC2CC(=O)NCc1ccco1. The number of nitrogens with one attached hydrogen (secondary N) is 1. The van der Waals surface area contributed by atoms with Gasteiger partial charge in [-0.3, -0.25) is 14.2 Å². The van der Waals surface area contributed by atoms with Crippen molar-refractivity contribution in [3.63, 3.8) is 0 Å². The van der Waals surface area contributed by atoms with Crippen LogP contribution in [0.3, 0.4) is 0 Å². The fourth-order valence-corrected chi connectivity index (χ4v) is 3.49. The van der Waals surface area contributed by atoms with Crippen LogP contribution >= 0.6 is 11.8 Å². The molecule has 6 nitrogen and oxygen atoms in total. The molecule has 0 aromatic carbocycles. The molecule has 0 saturated carbocycles. The number of thioether (sulfide) groups is 1. The van der Waals surface area contributed by atoms with Crippen LogP contribution in [0.15, 0.2) is 38.8 Å². The first-order chi connectivity index (χ1) is 10.1. The van der Waals surface area contributed by atoms with Gasteiger partial charge in [-0.25, -0.2) is 4.98 Å². The molecule has 2 aromatic rings. The number of amides is 1. The molecule has 1 amide bonds. The molecular formula is C14H15N3O3S. The quantitative estimate of drug-likeness (QED) is 0.866. The maximum absolute atomic E-state index is 12.0. The third-order valence-corrected chi connectivity index (χ3v) is 4.38. The van der Waals surface area contributed by atoms with Gasteiger partial charge in [0, 0.05) is 23.9 Å². The fourth-order valence-electron chi connectivity index (χ4n) is 2.30. The average molecular weight is 305 g/mol. The highest BCUT2D eigenvalue weighted by Gasteiger charge is 2.27. The second kappa shape index (κ2) is 5.77. The molecule has 7 heteroatoms. The number of carbonyl (C=O) groups is 1. The monoisotopic (exact) mass is 305 g/mol. The van der Waals surface area contributed by atoms with Crippen molar-refractivity contribution in [2.45, 2.75) is 31.1 Å². The minimum Gasteiger partial charge on any atom is -0.467 e. The Morgan fingerprint density at radius 2 is 2.48 bits per heavy atom. The molecule has 2 aromatic heterocycles. The summed E-state index contributed by atoms with van der Waals surface area (Å²) >= 11 is 1.52. The van der Waals surface area contributed by atoms with Crippen LogP contribution in [0.25, 0.3) is 0 Å². The summed E-state index contributed by atoms with van der Waals surface area (Å²) in [5, 5.41) is 3.49. The van der Waals surface area contributed by atoms with Crippen molar-refractivity contribution < 1.29 is 9.21 Å². The van der Waals surface area contributed by atoms with Crippen molar-refractivity contribution in [3.8, 4) is 0 Å². The van der Waals surface area contributed by atoms with Crippen molar-refractivity contribution in [2.24, 2.45) is 0 Å². The Kier molecular flexibility index (Phi) is 3.83. The minimum absolute atomic E-state index is 0.0914. The van der Waals surface area contributed by atoms with Gasteiger partial charge in [0.15, 0.2) is 5.16 Å². The molecule has 0 fully saturated rings. The zero-order valence-corrected chi connectivity index (χ0v) is 12.4. The molecule has 3 rings (SSSR count). The van der Waals surface area contributed by atoms with Gasteiger partial charge in [0.25, 0.3) is 5.56 Å². The molecule has 1 atom stereocenters. The Morgan fingerprint density at radius 1 is 1.62 bits per heavy atom. The lowest BCUT2D eigenvalue weighted by Gasteiger charge is -2.12. The molecular weight excluding hydrogens is 290 g/mol. The summed E-state index contributed by atoms with van der Waals surface area (Å²) in [5.74, 6) is 1.30. The number of rotatable bonds is 4. The van der Waals surface area contributed by atoms with E-state index in [0.717, 1.165) is 0 Å². The Labute approximate surface area is 125 Å². The number of nitrogens with zero attached hydrogens (tertiary/aromatic N) is 2. The second-order valence-corrected chi connectivity index (χ2v) is 5.90. The largest absolute Gasteiger partial charge is 0.467 e. The highest BCUT2D eigenvalue weighted by atomic mass is 32.2. The molecule has 1 unspecified atom stereocenters. The lowest BCUT2D eigenvalue weighted by molar-refractivity contribution is -0.122. The maximum Gasteiger partial charge on any atom is 0.254 e. The van der Waals surface area contributed by atoms with Crippen LogP contribution in [0.5, 0.6) is 0 Å². The summed E-state index contributed by atoms with van der Waals surface area (Å²) in [5.41, 5.74) is 0.619. The predicted molar refractivity (Wildman–Crippen MR) is 78.2 cm³/mol. The molecule has 21 heavy (non-hydrogen) atoms. The smallest absolute Gasteiger partial charge is 0.254 e. The number of fused-ring (bicyclic) bond motifs is 1. The van der Waals surface area contributed by atoms with Gasteiger partial charge in [0.05, 0.1) is 18.8 Å². The van der Waals surface area contributed by atoms with Crippen molar-refractivity contribution >= 4 is 17.7 Å². The first-order valence-electron chi connectivity index (χ1n) is 6.65. The minimum atomic E-state index is -0.137. The van der Waals surface area contributed by atoms with Crippen molar-refractivity contribution in [2.75, 3.05) is 5.75 Å². The first kappa shape index (κ1) is 13.9. The van der Waals surface area contributed by atoms with Crippen LogP contribution in [0.4, 0.5) is 0 Å². The third-order valence-electron chi connectivity index (χ3n) is 3.28. The fraction of sp³-hybridized carbons (Fsp3) is 0.357. The number of aromatic nitrogens is 2. The highest BCUT2D eigenvalue weighted by Crippen LogP contribution is 2.31. The van der Waals surface area contributed by atoms with Gasteiger partial charge >= 0.3 is 0 Å². The summed E-state index contributed by atoms with van der Waals surface area (Å²) in [7, 11) is 0. The molecule has 0 radical (unpaired) electrons. The average Bonchev–Trinajstić information content (AvgIpc) is 3.06. The molecule has 1 N–H and O–H groups in total. The van der Waals surface area contributed by atoms with E-state index in [-0.39, 0.29) is 23.9 Å². The lowest BCUT2D eigenvalue weighted by Crippen LogP contribution is -2.30. The van der Waals surface area contributed by atoms with E-state index >= 15 is 0 Å². The maximum atomic E-state index is 12.0. The topological polar surface area (TPSA) is 77.1 Å². The summed E-state index contributed by atoms with van der Waals surface area (Å²) in [6.45, 7) is 2.16. The Bertz CT molecular complexity index is 709. The van der Waals surface area contributed by atoms with Gasteiger partial charge in [-0.15, -0.1) is 0 Å². The van der Waals surface area contributed by atoms with E-state index in [1.807, 2.05) is 0 Å². The lowest BCUT2D eigenvalue weighted by atomic mass is 10.2. The van der Waals surface area contributed by atoms with Crippen molar-refractivity contribution in [1.82, 2.24) is 14.9 Å². The van der Waals surface area contributed by atoms with Gasteiger partial charge in [-0.1, -0.05) is 11.8 Å². The third kappa shape index (κ3) is 3.02. The normalized spacial score (nSPS) is 16.7.